The van der Waals surface area contributed by atoms with Crippen molar-refractivity contribution in [3.8, 4) is 0 Å². The summed E-state index contributed by atoms with van der Waals surface area (Å²) < 4.78 is 4.68. The maximum Gasteiger partial charge on any atom is 0.340 e. The Labute approximate surface area is 111 Å². The number of amides is 1. The van der Waals surface area contributed by atoms with Crippen LogP contribution in [0.2, 0.25) is 0 Å². The molecule has 0 aromatic heterocycles. The first-order chi connectivity index (χ1) is 9.02. The first-order valence-electron chi connectivity index (χ1n) is 5.99. The van der Waals surface area contributed by atoms with Gasteiger partial charge in [-0.3, -0.25) is 4.79 Å². The van der Waals surface area contributed by atoms with Crippen molar-refractivity contribution in [2.75, 3.05) is 44.4 Å². The van der Waals surface area contributed by atoms with E-state index in [2.05, 4.69) is 4.74 Å². The van der Waals surface area contributed by atoms with Crippen LogP contribution in [0, 0.1) is 0 Å². The van der Waals surface area contributed by atoms with E-state index in [1.165, 1.54) is 7.11 Å². The second-order valence-corrected chi connectivity index (χ2v) is 4.50. The van der Waals surface area contributed by atoms with Crippen LogP contribution in [0.5, 0.6) is 0 Å². The summed E-state index contributed by atoms with van der Waals surface area (Å²) in [6.07, 6.45) is 0. The minimum atomic E-state index is -0.472. The molecule has 1 aliphatic heterocycles. The van der Waals surface area contributed by atoms with Crippen molar-refractivity contribution >= 4 is 23.3 Å². The summed E-state index contributed by atoms with van der Waals surface area (Å²) in [5, 5.41) is 0. The number of hydrogen-bond acceptors (Lipinski definition) is 5. The minimum absolute atomic E-state index is 0.0580. The van der Waals surface area contributed by atoms with Gasteiger partial charge in [0.1, 0.15) is 0 Å². The molecule has 0 radical (unpaired) electrons. The quantitative estimate of drug-likeness (QED) is 0.615. The molecule has 2 N–H and O–H groups in total. The molecule has 2 rings (SSSR count). The second-order valence-electron chi connectivity index (χ2n) is 4.50. The summed E-state index contributed by atoms with van der Waals surface area (Å²) in [7, 11) is 3.09. The summed E-state index contributed by atoms with van der Waals surface area (Å²) in [5.41, 5.74) is 7.25. The Kier molecular flexibility index (Phi) is 3.59. The van der Waals surface area contributed by atoms with Crippen LogP contribution >= 0.6 is 0 Å². The molecule has 19 heavy (non-hydrogen) atoms. The van der Waals surface area contributed by atoms with Gasteiger partial charge in [0.05, 0.1) is 19.2 Å². The molecule has 1 aromatic carbocycles. The Hall–Kier alpha value is -2.24. The molecule has 1 aliphatic rings. The van der Waals surface area contributed by atoms with E-state index in [1.54, 1.807) is 30.1 Å². The number of hydrogen-bond donors (Lipinski definition) is 1. The molecule has 0 spiro atoms. The van der Waals surface area contributed by atoms with E-state index in [0.29, 0.717) is 24.3 Å². The summed E-state index contributed by atoms with van der Waals surface area (Å²) in [5.74, 6) is -0.414. The van der Waals surface area contributed by atoms with E-state index in [-0.39, 0.29) is 5.91 Å². The average molecular weight is 263 g/mol. The number of ether oxygens (including phenoxy) is 1. The van der Waals surface area contributed by atoms with Gasteiger partial charge in [-0.05, 0) is 18.2 Å². The third kappa shape index (κ3) is 2.62. The van der Waals surface area contributed by atoms with Crippen LogP contribution < -0.4 is 10.6 Å². The normalized spacial score (nSPS) is 15.6. The highest BCUT2D eigenvalue weighted by molar-refractivity contribution is 5.96. The van der Waals surface area contributed by atoms with Crippen LogP contribution in [-0.4, -0.2) is 50.6 Å². The zero-order chi connectivity index (χ0) is 14.0. The van der Waals surface area contributed by atoms with Gasteiger partial charge < -0.3 is 20.3 Å². The summed E-state index contributed by atoms with van der Waals surface area (Å²) in [6, 6.07) is 5.13. The van der Waals surface area contributed by atoms with Gasteiger partial charge in [0.25, 0.3) is 0 Å². The van der Waals surface area contributed by atoms with Gasteiger partial charge in [-0.2, -0.15) is 0 Å². The molecule has 1 heterocycles. The SMILES string of the molecule is COC(=O)c1cc(N2CCN(C)C(=O)C2)ccc1N. The Balaban J connectivity index is 2.26. The molecular weight excluding hydrogens is 246 g/mol. The molecule has 6 nitrogen and oxygen atoms in total. The van der Waals surface area contributed by atoms with Gasteiger partial charge in [0, 0.05) is 31.5 Å². The van der Waals surface area contributed by atoms with E-state index < -0.39 is 5.97 Å². The van der Waals surface area contributed by atoms with E-state index in [4.69, 9.17) is 5.73 Å². The lowest BCUT2D eigenvalue weighted by Crippen LogP contribution is -2.48. The van der Waals surface area contributed by atoms with Gasteiger partial charge in [0.15, 0.2) is 0 Å². The highest BCUT2D eigenvalue weighted by Gasteiger charge is 2.22. The molecular formula is C13H17N3O3. The fraction of sp³-hybridized carbons (Fsp3) is 0.385. The summed E-state index contributed by atoms with van der Waals surface area (Å²) in [4.78, 5) is 26.9. The van der Waals surface area contributed by atoms with Crippen LogP contribution in [-0.2, 0) is 9.53 Å². The van der Waals surface area contributed by atoms with E-state index in [0.717, 1.165) is 12.2 Å². The molecule has 1 aromatic rings. The maximum absolute atomic E-state index is 11.7. The minimum Gasteiger partial charge on any atom is -0.465 e. The monoisotopic (exact) mass is 263 g/mol. The number of methoxy groups -OCH3 is 1. The first kappa shape index (κ1) is 13.2. The van der Waals surface area contributed by atoms with Crippen molar-refractivity contribution in [2.45, 2.75) is 0 Å². The lowest BCUT2D eigenvalue weighted by molar-refractivity contribution is -0.129. The molecule has 0 bridgehead atoms. The molecule has 0 atom stereocenters. The Bertz CT molecular complexity index is 516. The number of carbonyl (C=O) groups excluding carboxylic acids is 2. The molecule has 0 saturated carbocycles. The molecule has 1 amide bonds. The highest BCUT2D eigenvalue weighted by atomic mass is 16.5. The zero-order valence-corrected chi connectivity index (χ0v) is 11.0. The number of rotatable bonds is 2. The Morgan fingerprint density at radius 1 is 1.37 bits per heavy atom. The van der Waals surface area contributed by atoms with Gasteiger partial charge in [-0.15, -0.1) is 0 Å². The smallest absolute Gasteiger partial charge is 0.340 e. The van der Waals surface area contributed by atoms with Crippen LogP contribution in [0.15, 0.2) is 18.2 Å². The van der Waals surface area contributed by atoms with Crippen LogP contribution in [0.4, 0.5) is 11.4 Å². The lowest BCUT2D eigenvalue weighted by atomic mass is 10.1. The van der Waals surface area contributed by atoms with Gasteiger partial charge >= 0.3 is 5.97 Å². The second kappa shape index (κ2) is 5.17. The number of likely N-dealkylation sites (N-methyl/N-ethyl adjacent to an activating group) is 1. The van der Waals surface area contributed by atoms with Crippen molar-refractivity contribution < 1.29 is 14.3 Å². The Morgan fingerprint density at radius 2 is 2.11 bits per heavy atom. The molecule has 0 aliphatic carbocycles. The van der Waals surface area contributed by atoms with E-state index in [9.17, 15) is 9.59 Å². The third-order valence-corrected chi connectivity index (χ3v) is 3.26. The number of benzene rings is 1. The number of nitrogens with zero attached hydrogens (tertiary/aromatic N) is 2. The number of esters is 1. The third-order valence-electron chi connectivity index (χ3n) is 3.26. The molecule has 0 unspecified atom stereocenters. The van der Waals surface area contributed by atoms with Crippen molar-refractivity contribution in [2.24, 2.45) is 0 Å². The molecule has 102 valence electrons. The van der Waals surface area contributed by atoms with Crippen LogP contribution in [0.25, 0.3) is 0 Å². The molecule has 6 heteroatoms. The van der Waals surface area contributed by atoms with E-state index >= 15 is 0 Å². The lowest BCUT2D eigenvalue weighted by Gasteiger charge is -2.33. The fourth-order valence-electron chi connectivity index (χ4n) is 2.01. The number of piperazine rings is 1. The zero-order valence-electron chi connectivity index (χ0n) is 11.0. The van der Waals surface area contributed by atoms with Crippen molar-refractivity contribution in [3.05, 3.63) is 23.8 Å². The van der Waals surface area contributed by atoms with Gasteiger partial charge in [-0.25, -0.2) is 4.79 Å². The largest absolute Gasteiger partial charge is 0.465 e. The number of anilines is 2. The van der Waals surface area contributed by atoms with Gasteiger partial charge in [0.2, 0.25) is 5.91 Å². The average Bonchev–Trinajstić information content (AvgIpc) is 2.41. The van der Waals surface area contributed by atoms with E-state index in [1.807, 2.05) is 4.90 Å². The predicted octanol–water partition coefficient (Wildman–Crippen LogP) is 0.334. The van der Waals surface area contributed by atoms with Crippen LogP contribution in [0.1, 0.15) is 10.4 Å². The number of nitrogen functional groups attached to an aromatic ring is 1. The maximum atomic E-state index is 11.7. The molecule has 1 fully saturated rings. The van der Waals surface area contributed by atoms with Crippen LogP contribution in [0.3, 0.4) is 0 Å². The Morgan fingerprint density at radius 3 is 2.74 bits per heavy atom. The summed E-state index contributed by atoms with van der Waals surface area (Å²) >= 11 is 0. The highest BCUT2D eigenvalue weighted by Crippen LogP contribution is 2.23. The summed E-state index contributed by atoms with van der Waals surface area (Å²) in [6.45, 7) is 1.70. The van der Waals surface area contributed by atoms with Crippen molar-refractivity contribution in [1.29, 1.82) is 0 Å². The van der Waals surface area contributed by atoms with Crippen molar-refractivity contribution in [1.82, 2.24) is 4.90 Å². The topological polar surface area (TPSA) is 75.9 Å². The number of nitrogens with two attached hydrogens (primary N) is 1. The first-order valence-corrected chi connectivity index (χ1v) is 5.99. The van der Waals surface area contributed by atoms with Crippen molar-refractivity contribution in [3.63, 3.8) is 0 Å². The number of carbonyl (C=O) groups is 2. The predicted molar refractivity (Wildman–Crippen MR) is 72.0 cm³/mol. The van der Waals surface area contributed by atoms with Gasteiger partial charge in [-0.1, -0.05) is 0 Å². The standard InChI is InChI=1S/C13H17N3O3/c1-15-5-6-16(8-12(15)17)9-3-4-11(14)10(7-9)13(18)19-2/h3-4,7H,5-6,8,14H2,1-2H3. The fourth-order valence-corrected chi connectivity index (χ4v) is 2.01. The molecule has 1 saturated heterocycles.